The number of carboxylic acids is 1. The number of hydrogen-bond acceptors (Lipinski definition) is 5. The van der Waals surface area contributed by atoms with Crippen LogP contribution in [0, 0.1) is 0 Å². The summed E-state index contributed by atoms with van der Waals surface area (Å²) in [7, 11) is 0. The summed E-state index contributed by atoms with van der Waals surface area (Å²) >= 11 is 0. The molecule has 9 heteroatoms. The lowest BCUT2D eigenvalue weighted by atomic mass is 10.3. The van der Waals surface area contributed by atoms with Crippen LogP contribution in [0.3, 0.4) is 0 Å². The van der Waals surface area contributed by atoms with Gasteiger partial charge in [0.05, 0.1) is 6.54 Å². The van der Waals surface area contributed by atoms with Crippen LogP contribution in [0.15, 0.2) is 12.2 Å². The molecule has 0 saturated carbocycles. The highest BCUT2D eigenvalue weighted by molar-refractivity contribution is 6.13. The van der Waals surface area contributed by atoms with Crippen molar-refractivity contribution < 1.29 is 29.1 Å². The Morgan fingerprint density at radius 2 is 1.62 bits per heavy atom. The number of amides is 4. The number of hydrogen-bond donors (Lipinski definition) is 3. The van der Waals surface area contributed by atoms with Gasteiger partial charge >= 0.3 is 5.97 Å². The molecular weight excluding hydrogens is 318 g/mol. The highest BCUT2D eigenvalue weighted by Crippen LogP contribution is 2.03. The van der Waals surface area contributed by atoms with Crippen molar-refractivity contribution >= 4 is 29.6 Å². The molecule has 24 heavy (non-hydrogen) atoms. The quantitative estimate of drug-likeness (QED) is 0.531. The molecule has 0 aromatic heterocycles. The molecule has 1 atom stereocenters. The fourth-order valence-corrected chi connectivity index (χ4v) is 1.49. The Morgan fingerprint density at radius 3 is 2.08 bits per heavy atom. The van der Waals surface area contributed by atoms with Crippen molar-refractivity contribution in [3.05, 3.63) is 12.2 Å². The Bertz CT molecular complexity index is 511. The normalized spacial score (nSPS) is 13.9. The van der Waals surface area contributed by atoms with Crippen molar-refractivity contribution in [2.75, 3.05) is 13.1 Å². The molecule has 0 bridgehead atoms. The second-order valence-corrected chi connectivity index (χ2v) is 5.02. The van der Waals surface area contributed by atoms with Crippen LogP contribution in [-0.4, -0.2) is 58.7 Å². The van der Waals surface area contributed by atoms with Crippen molar-refractivity contribution in [1.29, 1.82) is 0 Å². The van der Waals surface area contributed by atoms with Gasteiger partial charge in [-0.05, 0) is 6.92 Å². The Hall–Kier alpha value is -2.71. The average Bonchev–Trinajstić information content (AvgIpc) is 2.82. The van der Waals surface area contributed by atoms with Gasteiger partial charge < -0.3 is 15.7 Å². The average molecular weight is 341 g/mol. The third-order valence-corrected chi connectivity index (χ3v) is 2.66. The van der Waals surface area contributed by atoms with Crippen molar-refractivity contribution in [2.24, 2.45) is 0 Å². The van der Waals surface area contributed by atoms with Crippen LogP contribution in [0.4, 0.5) is 0 Å². The topological polar surface area (TPSA) is 133 Å². The number of carboxylic acid groups (broad SMARTS) is 1. The van der Waals surface area contributed by atoms with Crippen molar-refractivity contribution in [2.45, 2.75) is 39.7 Å². The predicted octanol–water partition coefficient (Wildman–Crippen LogP) is -0.577. The maximum atomic E-state index is 11.5. The maximum absolute atomic E-state index is 11.5. The van der Waals surface area contributed by atoms with E-state index in [0.717, 1.165) is 17.1 Å². The summed E-state index contributed by atoms with van der Waals surface area (Å²) in [6.07, 6.45) is 3.34. The minimum absolute atomic E-state index is 0.0797. The molecule has 4 amide bonds. The SMILES string of the molecule is CC(NC(=O)CNC(=O)CCN1C(=O)C=CC1=O)C(=O)O.CCC. The largest absolute Gasteiger partial charge is 0.480 e. The Balaban J connectivity index is 0.00000163. The second-order valence-electron chi connectivity index (χ2n) is 5.02. The summed E-state index contributed by atoms with van der Waals surface area (Å²) in [6, 6.07) is -1.06. The summed E-state index contributed by atoms with van der Waals surface area (Å²) in [5.74, 6) is -3.33. The third kappa shape index (κ3) is 8.06. The second kappa shape index (κ2) is 10.9. The molecular formula is C15H23N3O6. The first kappa shape index (κ1) is 21.3. The number of nitrogens with zero attached hydrogens (tertiary/aromatic N) is 1. The van der Waals surface area contributed by atoms with E-state index in [9.17, 15) is 24.0 Å². The summed E-state index contributed by atoms with van der Waals surface area (Å²) in [5, 5.41) is 13.0. The molecule has 0 saturated heterocycles. The van der Waals surface area contributed by atoms with Gasteiger partial charge in [0.25, 0.3) is 11.8 Å². The van der Waals surface area contributed by atoms with E-state index in [2.05, 4.69) is 24.5 Å². The van der Waals surface area contributed by atoms with E-state index in [4.69, 9.17) is 5.11 Å². The molecule has 134 valence electrons. The van der Waals surface area contributed by atoms with Crippen LogP contribution in [0.25, 0.3) is 0 Å². The van der Waals surface area contributed by atoms with Gasteiger partial charge in [-0.1, -0.05) is 20.3 Å². The maximum Gasteiger partial charge on any atom is 0.325 e. The summed E-state index contributed by atoms with van der Waals surface area (Å²) in [6.45, 7) is 5.08. The van der Waals surface area contributed by atoms with Crippen LogP contribution >= 0.6 is 0 Å². The number of carbonyl (C=O) groups is 5. The van der Waals surface area contributed by atoms with Crippen molar-refractivity contribution in [1.82, 2.24) is 15.5 Å². The molecule has 1 rings (SSSR count). The molecule has 1 unspecified atom stereocenters. The fourth-order valence-electron chi connectivity index (χ4n) is 1.49. The number of aliphatic carboxylic acids is 1. The van der Waals surface area contributed by atoms with Crippen LogP contribution < -0.4 is 10.6 Å². The van der Waals surface area contributed by atoms with E-state index >= 15 is 0 Å². The summed E-state index contributed by atoms with van der Waals surface area (Å²) < 4.78 is 0. The van der Waals surface area contributed by atoms with Gasteiger partial charge in [-0.2, -0.15) is 0 Å². The van der Waals surface area contributed by atoms with E-state index in [1.165, 1.54) is 13.3 Å². The lowest BCUT2D eigenvalue weighted by Gasteiger charge is -2.13. The summed E-state index contributed by atoms with van der Waals surface area (Å²) in [4.78, 5) is 56.6. The number of nitrogens with one attached hydrogen (secondary N) is 2. The highest BCUT2D eigenvalue weighted by Gasteiger charge is 2.23. The van der Waals surface area contributed by atoms with E-state index < -0.39 is 35.6 Å². The first-order chi connectivity index (χ1) is 11.2. The Labute approximate surface area is 140 Å². The zero-order valence-corrected chi connectivity index (χ0v) is 14.0. The Morgan fingerprint density at radius 1 is 1.12 bits per heavy atom. The number of rotatable bonds is 7. The Kier molecular flexibility index (Phi) is 9.69. The minimum atomic E-state index is -1.19. The minimum Gasteiger partial charge on any atom is -0.480 e. The first-order valence-electron chi connectivity index (χ1n) is 7.55. The van der Waals surface area contributed by atoms with E-state index in [0.29, 0.717) is 0 Å². The highest BCUT2D eigenvalue weighted by atomic mass is 16.4. The fraction of sp³-hybridized carbons (Fsp3) is 0.533. The lowest BCUT2D eigenvalue weighted by Crippen LogP contribution is -2.44. The van der Waals surface area contributed by atoms with Gasteiger partial charge in [0.1, 0.15) is 6.04 Å². The lowest BCUT2D eigenvalue weighted by molar-refractivity contribution is -0.141. The molecule has 0 fully saturated rings. The number of carbonyl (C=O) groups excluding carboxylic acids is 4. The standard InChI is InChI=1S/C12H15N3O6.C3H8/c1-7(12(20)21)14-9(17)6-13-8(16)4-5-15-10(18)2-3-11(15)19;1-3-2/h2-3,7H,4-6H2,1H3,(H,13,16)(H,14,17)(H,20,21);3H2,1-2H3. The van der Waals surface area contributed by atoms with Gasteiger partial charge in [0.15, 0.2) is 0 Å². The van der Waals surface area contributed by atoms with Crippen LogP contribution in [0.1, 0.15) is 33.6 Å². The zero-order valence-electron chi connectivity index (χ0n) is 14.0. The van der Waals surface area contributed by atoms with Gasteiger partial charge in [0, 0.05) is 25.1 Å². The molecule has 1 heterocycles. The van der Waals surface area contributed by atoms with Gasteiger partial charge in [-0.25, -0.2) is 0 Å². The van der Waals surface area contributed by atoms with Crippen LogP contribution in [0.2, 0.25) is 0 Å². The molecule has 0 aromatic carbocycles. The molecule has 0 spiro atoms. The van der Waals surface area contributed by atoms with Crippen molar-refractivity contribution in [3.63, 3.8) is 0 Å². The molecule has 9 nitrogen and oxygen atoms in total. The number of imide groups is 1. The van der Waals surface area contributed by atoms with E-state index in [1.54, 1.807) is 0 Å². The molecule has 1 aliphatic heterocycles. The van der Waals surface area contributed by atoms with Crippen molar-refractivity contribution in [3.8, 4) is 0 Å². The van der Waals surface area contributed by atoms with Crippen LogP contribution in [-0.2, 0) is 24.0 Å². The molecule has 0 aromatic rings. The van der Waals surface area contributed by atoms with Gasteiger partial charge in [-0.3, -0.25) is 28.9 Å². The smallest absolute Gasteiger partial charge is 0.325 e. The third-order valence-electron chi connectivity index (χ3n) is 2.66. The molecule has 0 radical (unpaired) electrons. The predicted molar refractivity (Wildman–Crippen MR) is 84.7 cm³/mol. The van der Waals surface area contributed by atoms with Gasteiger partial charge in [0.2, 0.25) is 11.8 Å². The van der Waals surface area contributed by atoms with E-state index in [-0.39, 0.29) is 19.5 Å². The molecule has 1 aliphatic rings. The molecule has 3 N–H and O–H groups in total. The molecule has 0 aliphatic carbocycles. The van der Waals surface area contributed by atoms with Gasteiger partial charge in [-0.15, -0.1) is 0 Å². The zero-order chi connectivity index (χ0) is 18.7. The first-order valence-corrected chi connectivity index (χ1v) is 7.55. The van der Waals surface area contributed by atoms with Crippen LogP contribution in [0.5, 0.6) is 0 Å². The summed E-state index contributed by atoms with van der Waals surface area (Å²) in [5.41, 5.74) is 0. The van der Waals surface area contributed by atoms with E-state index in [1.807, 2.05) is 0 Å². The monoisotopic (exact) mass is 341 g/mol.